The van der Waals surface area contributed by atoms with E-state index in [9.17, 15) is 14.9 Å². The topological polar surface area (TPSA) is 83.7 Å². The van der Waals surface area contributed by atoms with Crippen LogP contribution < -0.4 is 4.90 Å². The van der Waals surface area contributed by atoms with Crippen molar-refractivity contribution in [3.05, 3.63) is 33.9 Å². The van der Waals surface area contributed by atoms with Crippen LogP contribution >= 0.6 is 0 Å². The molecule has 102 valence electrons. The van der Waals surface area contributed by atoms with Crippen molar-refractivity contribution in [2.45, 2.75) is 25.3 Å². The molecule has 1 fully saturated rings. The summed E-state index contributed by atoms with van der Waals surface area (Å²) in [6, 6.07) is 4.87. The number of benzene rings is 1. The van der Waals surface area contributed by atoms with E-state index in [0.717, 1.165) is 24.9 Å². The van der Waals surface area contributed by atoms with E-state index in [0.29, 0.717) is 18.9 Å². The van der Waals surface area contributed by atoms with Crippen molar-refractivity contribution in [1.29, 1.82) is 0 Å². The van der Waals surface area contributed by atoms with Crippen molar-refractivity contribution in [1.82, 2.24) is 0 Å². The molecule has 6 heteroatoms. The van der Waals surface area contributed by atoms with E-state index in [4.69, 9.17) is 5.11 Å². The van der Waals surface area contributed by atoms with Gasteiger partial charge in [0.05, 0.1) is 17.1 Å². The lowest BCUT2D eigenvalue weighted by molar-refractivity contribution is -0.385. The predicted molar refractivity (Wildman–Crippen MR) is 70.6 cm³/mol. The number of anilines is 1. The number of aliphatic hydroxyl groups excluding tert-OH is 1. The highest BCUT2D eigenvalue weighted by atomic mass is 16.6. The van der Waals surface area contributed by atoms with Crippen molar-refractivity contribution in [3.63, 3.8) is 0 Å². The standard InChI is InChI=1S/C13H16N2O4/c16-7-6-14(11-2-1-3-11)12-4-5-13(15(18)19)10(8-12)9-17/h4-5,8-9,11,16H,1-3,6-7H2. The molecule has 2 rings (SSSR count). The monoisotopic (exact) mass is 264 g/mol. The van der Waals surface area contributed by atoms with Crippen LogP contribution in [0.2, 0.25) is 0 Å². The van der Waals surface area contributed by atoms with Gasteiger partial charge in [0.15, 0.2) is 6.29 Å². The minimum atomic E-state index is -0.562. The molecule has 1 aliphatic rings. The number of nitro benzene ring substituents is 1. The highest BCUT2D eigenvalue weighted by Crippen LogP contribution is 2.31. The second-order valence-corrected chi connectivity index (χ2v) is 4.62. The highest BCUT2D eigenvalue weighted by Gasteiger charge is 2.26. The Labute approximate surface area is 110 Å². The first kappa shape index (κ1) is 13.5. The number of nitrogens with zero attached hydrogens (tertiary/aromatic N) is 2. The maximum Gasteiger partial charge on any atom is 0.280 e. The summed E-state index contributed by atoms with van der Waals surface area (Å²) in [5.41, 5.74) is 0.646. The number of hydrogen-bond acceptors (Lipinski definition) is 5. The summed E-state index contributed by atoms with van der Waals surface area (Å²) < 4.78 is 0. The Morgan fingerprint density at radius 2 is 2.21 bits per heavy atom. The summed E-state index contributed by atoms with van der Waals surface area (Å²) in [5.74, 6) is 0. The second-order valence-electron chi connectivity index (χ2n) is 4.62. The zero-order chi connectivity index (χ0) is 13.8. The molecule has 0 saturated heterocycles. The number of carbonyl (C=O) groups excluding carboxylic acids is 1. The van der Waals surface area contributed by atoms with E-state index in [1.807, 2.05) is 4.90 Å². The molecule has 0 unspecified atom stereocenters. The van der Waals surface area contributed by atoms with Crippen molar-refractivity contribution >= 4 is 17.7 Å². The lowest BCUT2D eigenvalue weighted by Gasteiger charge is -2.39. The molecular formula is C13H16N2O4. The molecule has 0 heterocycles. The van der Waals surface area contributed by atoms with Crippen LogP contribution in [0.25, 0.3) is 0 Å². The average Bonchev–Trinajstić information content (AvgIpc) is 2.35. The van der Waals surface area contributed by atoms with Gasteiger partial charge in [0, 0.05) is 24.3 Å². The summed E-state index contributed by atoms with van der Waals surface area (Å²) in [4.78, 5) is 23.2. The minimum Gasteiger partial charge on any atom is -0.395 e. The number of aldehydes is 1. The zero-order valence-electron chi connectivity index (χ0n) is 10.5. The van der Waals surface area contributed by atoms with Gasteiger partial charge in [-0.25, -0.2) is 0 Å². The molecule has 1 saturated carbocycles. The molecule has 0 aliphatic heterocycles. The van der Waals surface area contributed by atoms with Crippen LogP contribution in [0.5, 0.6) is 0 Å². The number of carbonyl (C=O) groups is 1. The molecule has 1 aliphatic carbocycles. The average molecular weight is 264 g/mol. The van der Waals surface area contributed by atoms with Gasteiger partial charge < -0.3 is 10.0 Å². The number of aliphatic hydroxyl groups is 1. The number of rotatable bonds is 6. The Morgan fingerprint density at radius 1 is 1.47 bits per heavy atom. The van der Waals surface area contributed by atoms with Gasteiger partial charge in [-0.2, -0.15) is 0 Å². The number of hydrogen-bond donors (Lipinski definition) is 1. The van der Waals surface area contributed by atoms with Gasteiger partial charge in [0.1, 0.15) is 0 Å². The van der Waals surface area contributed by atoms with Gasteiger partial charge in [-0.15, -0.1) is 0 Å². The first-order valence-corrected chi connectivity index (χ1v) is 6.28. The number of nitro groups is 1. The SMILES string of the molecule is O=Cc1cc(N(CCO)C2CCC2)ccc1[N+](=O)[O-]. The molecule has 0 amide bonds. The summed E-state index contributed by atoms with van der Waals surface area (Å²) in [6.45, 7) is 0.491. The van der Waals surface area contributed by atoms with E-state index in [1.54, 1.807) is 6.07 Å². The minimum absolute atomic E-state index is 0.0178. The predicted octanol–water partition coefficient (Wildman–Crippen LogP) is 1.76. The van der Waals surface area contributed by atoms with Crippen molar-refractivity contribution < 1.29 is 14.8 Å². The summed E-state index contributed by atoms with van der Waals surface area (Å²) in [7, 11) is 0. The van der Waals surface area contributed by atoms with Crippen LogP contribution in [0, 0.1) is 10.1 Å². The fraction of sp³-hybridized carbons (Fsp3) is 0.462. The third-order valence-electron chi connectivity index (χ3n) is 3.52. The normalized spacial score (nSPS) is 14.8. The van der Waals surface area contributed by atoms with Crippen LogP contribution in [0.3, 0.4) is 0 Å². The lowest BCUT2D eigenvalue weighted by atomic mass is 9.91. The summed E-state index contributed by atoms with van der Waals surface area (Å²) in [5, 5.41) is 19.9. The van der Waals surface area contributed by atoms with E-state index < -0.39 is 4.92 Å². The second kappa shape index (κ2) is 5.79. The van der Waals surface area contributed by atoms with E-state index in [2.05, 4.69) is 0 Å². The van der Waals surface area contributed by atoms with E-state index >= 15 is 0 Å². The van der Waals surface area contributed by atoms with Crippen molar-refractivity contribution in [2.75, 3.05) is 18.1 Å². The van der Waals surface area contributed by atoms with Crippen LogP contribution in [0.4, 0.5) is 11.4 Å². The fourth-order valence-electron chi connectivity index (χ4n) is 2.31. The van der Waals surface area contributed by atoms with Gasteiger partial charge in [0.2, 0.25) is 0 Å². The molecule has 0 bridgehead atoms. The molecule has 1 aromatic carbocycles. The van der Waals surface area contributed by atoms with E-state index in [1.165, 1.54) is 12.1 Å². The van der Waals surface area contributed by atoms with Crippen LogP contribution in [0.15, 0.2) is 18.2 Å². The first-order valence-electron chi connectivity index (χ1n) is 6.28. The van der Waals surface area contributed by atoms with Crippen LogP contribution in [0.1, 0.15) is 29.6 Å². The Balaban J connectivity index is 2.31. The first-order chi connectivity index (χ1) is 9.17. The van der Waals surface area contributed by atoms with Crippen LogP contribution in [-0.2, 0) is 0 Å². The zero-order valence-corrected chi connectivity index (χ0v) is 10.5. The summed E-state index contributed by atoms with van der Waals surface area (Å²) in [6.07, 6.45) is 3.75. The van der Waals surface area contributed by atoms with Gasteiger partial charge >= 0.3 is 0 Å². The summed E-state index contributed by atoms with van der Waals surface area (Å²) >= 11 is 0. The van der Waals surface area contributed by atoms with Gasteiger partial charge in [-0.3, -0.25) is 14.9 Å². The maximum atomic E-state index is 10.9. The molecule has 0 spiro atoms. The molecule has 1 aromatic rings. The molecule has 1 N–H and O–H groups in total. The molecule has 6 nitrogen and oxygen atoms in total. The van der Waals surface area contributed by atoms with Crippen molar-refractivity contribution in [3.8, 4) is 0 Å². The quantitative estimate of drug-likeness (QED) is 0.481. The molecule has 19 heavy (non-hydrogen) atoms. The van der Waals surface area contributed by atoms with E-state index in [-0.39, 0.29) is 17.9 Å². The Bertz CT molecular complexity index is 486. The molecule has 0 aromatic heterocycles. The molecule has 0 radical (unpaired) electrons. The Morgan fingerprint density at radius 3 is 2.68 bits per heavy atom. The fourth-order valence-corrected chi connectivity index (χ4v) is 2.31. The Kier molecular flexibility index (Phi) is 4.11. The maximum absolute atomic E-state index is 10.9. The highest BCUT2D eigenvalue weighted by molar-refractivity contribution is 5.83. The lowest BCUT2D eigenvalue weighted by Crippen LogP contribution is -2.42. The van der Waals surface area contributed by atoms with Gasteiger partial charge in [0.25, 0.3) is 5.69 Å². The molecule has 0 atom stereocenters. The van der Waals surface area contributed by atoms with Crippen LogP contribution in [-0.4, -0.2) is 35.5 Å². The molecular weight excluding hydrogens is 248 g/mol. The van der Waals surface area contributed by atoms with Gasteiger partial charge in [-0.05, 0) is 31.4 Å². The van der Waals surface area contributed by atoms with Crippen molar-refractivity contribution in [2.24, 2.45) is 0 Å². The third kappa shape index (κ3) is 2.73. The van der Waals surface area contributed by atoms with Gasteiger partial charge in [-0.1, -0.05) is 0 Å². The largest absolute Gasteiger partial charge is 0.395 e. The Hall–Kier alpha value is -1.95. The third-order valence-corrected chi connectivity index (χ3v) is 3.52. The smallest absolute Gasteiger partial charge is 0.280 e.